The minimum Gasteiger partial charge on any atom is -0.484 e. The molecule has 31 heavy (non-hydrogen) atoms. The lowest BCUT2D eigenvalue weighted by atomic mass is 10.1. The van der Waals surface area contributed by atoms with E-state index in [1.807, 2.05) is 0 Å². The second kappa shape index (κ2) is 10.0. The van der Waals surface area contributed by atoms with E-state index in [1.165, 1.54) is 0 Å². The molecule has 2 aliphatic heterocycles. The molecule has 0 bridgehead atoms. The maximum atomic E-state index is 12.4. The van der Waals surface area contributed by atoms with E-state index < -0.39 is 46.6 Å². The van der Waals surface area contributed by atoms with Crippen LogP contribution in [0.15, 0.2) is 30.3 Å². The number of para-hydroxylation sites is 1. The summed E-state index contributed by atoms with van der Waals surface area (Å²) in [5, 5.41) is 10.8. The van der Waals surface area contributed by atoms with E-state index in [0.29, 0.717) is 5.75 Å². The van der Waals surface area contributed by atoms with Crippen molar-refractivity contribution < 1.29 is 38.6 Å². The third kappa shape index (κ3) is 5.47. The first-order valence-corrected chi connectivity index (χ1v) is 10.7. The van der Waals surface area contributed by atoms with Crippen molar-refractivity contribution >= 4 is 52.9 Å². The van der Waals surface area contributed by atoms with E-state index in [9.17, 15) is 24.0 Å². The summed E-state index contributed by atoms with van der Waals surface area (Å²) in [6.07, 6.45) is -0.0169. The van der Waals surface area contributed by atoms with Crippen LogP contribution < -0.4 is 10.1 Å². The Bertz CT molecular complexity index is 883. The molecular formula is C19H19ClN2O8S. The number of benzene rings is 1. The number of esters is 1. The number of cyclic esters (lactones) is 1. The van der Waals surface area contributed by atoms with Gasteiger partial charge < -0.3 is 19.9 Å². The molecule has 166 valence electrons. The molecule has 1 aromatic rings. The number of carbonyl (C=O) groups is 5. The highest BCUT2D eigenvalue weighted by atomic mass is 35.5. The van der Waals surface area contributed by atoms with Gasteiger partial charge in [0.1, 0.15) is 29.6 Å². The number of alkyl halides is 1. The number of thioether (sulfide) groups is 1. The molecule has 2 amide bonds. The SMILES string of the molecule is O=C(COc1ccccc1)N[C@@H]1C(=O)N([C@@H](Cl)C(=O)O)[C@@H]1SCC(=O)[C@H]1COC(=O)C1. The molecule has 1 aromatic carbocycles. The van der Waals surface area contributed by atoms with Crippen LogP contribution in [0.5, 0.6) is 5.75 Å². The Morgan fingerprint density at radius 1 is 1.29 bits per heavy atom. The number of hydrogen-bond acceptors (Lipinski definition) is 8. The molecule has 12 heteroatoms. The van der Waals surface area contributed by atoms with Gasteiger partial charge in [-0.2, -0.15) is 0 Å². The highest BCUT2D eigenvalue weighted by Gasteiger charge is 2.53. The Morgan fingerprint density at radius 3 is 2.61 bits per heavy atom. The van der Waals surface area contributed by atoms with Gasteiger partial charge in [-0.3, -0.25) is 24.1 Å². The third-order valence-electron chi connectivity index (χ3n) is 4.67. The molecule has 0 unspecified atom stereocenters. The van der Waals surface area contributed by atoms with Crippen LogP contribution in [0.3, 0.4) is 0 Å². The number of nitrogens with one attached hydrogen (secondary N) is 1. The van der Waals surface area contributed by atoms with Gasteiger partial charge in [0.25, 0.3) is 11.8 Å². The molecule has 10 nitrogen and oxygen atoms in total. The Balaban J connectivity index is 1.59. The highest BCUT2D eigenvalue weighted by molar-refractivity contribution is 8.00. The van der Waals surface area contributed by atoms with Crippen LogP contribution in [0.1, 0.15) is 6.42 Å². The predicted molar refractivity (Wildman–Crippen MR) is 108 cm³/mol. The standard InChI is InChI=1S/C19H19ClN2O8S/c20-16(19(27)28)22-17(26)15(21-13(24)8-29-11-4-2-1-3-5-11)18(22)31-9-12(23)10-6-14(25)30-7-10/h1-5,10,15-16,18H,6-9H2,(H,21,24)(H,27,28)/t10-,15-,16-,18-/m1/s1. The van der Waals surface area contributed by atoms with E-state index in [0.717, 1.165) is 16.7 Å². The zero-order valence-electron chi connectivity index (χ0n) is 16.1. The number of amides is 2. The van der Waals surface area contributed by atoms with Crippen molar-refractivity contribution in [2.24, 2.45) is 5.92 Å². The van der Waals surface area contributed by atoms with Crippen molar-refractivity contribution in [1.82, 2.24) is 10.2 Å². The Morgan fingerprint density at radius 2 is 2.00 bits per heavy atom. The number of ether oxygens (including phenoxy) is 2. The molecular weight excluding hydrogens is 452 g/mol. The number of likely N-dealkylation sites (tertiary alicyclic amines) is 1. The maximum Gasteiger partial charge on any atom is 0.342 e. The first kappa shape index (κ1) is 22.9. The zero-order chi connectivity index (χ0) is 22.5. The average Bonchev–Trinajstić information content (AvgIpc) is 3.19. The smallest absolute Gasteiger partial charge is 0.342 e. The van der Waals surface area contributed by atoms with Crippen molar-refractivity contribution in [3.05, 3.63) is 30.3 Å². The summed E-state index contributed by atoms with van der Waals surface area (Å²) in [6, 6.07) is 7.52. The molecule has 0 saturated carbocycles. The maximum absolute atomic E-state index is 12.4. The van der Waals surface area contributed by atoms with Crippen LogP contribution in [-0.2, 0) is 28.7 Å². The van der Waals surface area contributed by atoms with E-state index >= 15 is 0 Å². The quantitative estimate of drug-likeness (QED) is 0.213. The number of halogens is 1. The van der Waals surface area contributed by atoms with Crippen molar-refractivity contribution in [2.75, 3.05) is 19.0 Å². The first-order chi connectivity index (χ1) is 14.8. The molecule has 3 rings (SSSR count). The Labute approximate surface area is 186 Å². The molecule has 0 radical (unpaired) electrons. The van der Waals surface area contributed by atoms with Gasteiger partial charge >= 0.3 is 11.9 Å². The zero-order valence-corrected chi connectivity index (χ0v) is 17.6. The molecule has 4 atom stereocenters. The minimum absolute atomic E-state index is 0.00418. The van der Waals surface area contributed by atoms with Gasteiger partial charge in [0, 0.05) is 0 Å². The number of carboxylic acid groups (broad SMARTS) is 1. The molecule has 2 saturated heterocycles. The van der Waals surface area contributed by atoms with E-state index in [4.69, 9.17) is 26.2 Å². The number of nitrogens with zero attached hydrogens (tertiary/aromatic N) is 1. The Hall–Kier alpha value is -2.79. The number of rotatable bonds is 10. The van der Waals surface area contributed by atoms with Crippen LogP contribution in [0.25, 0.3) is 0 Å². The topological polar surface area (TPSA) is 139 Å². The van der Waals surface area contributed by atoms with E-state index in [2.05, 4.69) is 5.32 Å². The van der Waals surface area contributed by atoms with Crippen LogP contribution in [0.2, 0.25) is 0 Å². The van der Waals surface area contributed by atoms with Gasteiger partial charge in [-0.15, -0.1) is 11.8 Å². The summed E-state index contributed by atoms with van der Waals surface area (Å²) >= 11 is 6.78. The lowest BCUT2D eigenvalue weighted by Crippen LogP contribution is -2.72. The molecule has 2 fully saturated rings. The van der Waals surface area contributed by atoms with Gasteiger partial charge in [-0.1, -0.05) is 29.8 Å². The third-order valence-corrected chi connectivity index (χ3v) is 6.36. The van der Waals surface area contributed by atoms with Gasteiger partial charge in [-0.25, -0.2) is 4.79 Å². The van der Waals surface area contributed by atoms with Gasteiger partial charge in [-0.05, 0) is 12.1 Å². The summed E-state index contributed by atoms with van der Waals surface area (Å²) in [7, 11) is 0. The van der Waals surface area contributed by atoms with Crippen molar-refractivity contribution in [1.29, 1.82) is 0 Å². The fourth-order valence-corrected chi connectivity index (χ4v) is 4.66. The summed E-state index contributed by atoms with van der Waals surface area (Å²) in [5.41, 5.74) is -1.65. The number of carboxylic acids is 1. The highest BCUT2D eigenvalue weighted by Crippen LogP contribution is 2.34. The molecule has 2 aliphatic rings. The monoisotopic (exact) mass is 470 g/mol. The van der Waals surface area contributed by atoms with E-state index in [-0.39, 0.29) is 31.2 Å². The van der Waals surface area contributed by atoms with Gasteiger partial charge in [0.15, 0.2) is 6.61 Å². The minimum atomic E-state index is -1.65. The van der Waals surface area contributed by atoms with Crippen molar-refractivity contribution in [2.45, 2.75) is 23.3 Å². The molecule has 0 aromatic heterocycles. The molecule has 2 heterocycles. The number of carbonyl (C=O) groups excluding carboxylic acids is 4. The normalized spacial score (nSPS) is 23.5. The predicted octanol–water partition coefficient (Wildman–Crippen LogP) is 0.233. The van der Waals surface area contributed by atoms with Crippen molar-refractivity contribution in [3.8, 4) is 5.75 Å². The number of ketones is 1. The van der Waals surface area contributed by atoms with E-state index in [1.54, 1.807) is 30.3 Å². The summed E-state index contributed by atoms with van der Waals surface area (Å²) < 4.78 is 10.1. The number of Topliss-reactive ketones (excluding diaryl/α,β-unsaturated/α-hetero) is 1. The lowest BCUT2D eigenvalue weighted by molar-refractivity contribution is -0.157. The van der Waals surface area contributed by atoms with Crippen LogP contribution in [0.4, 0.5) is 0 Å². The molecule has 0 spiro atoms. The summed E-state index contributed by atoms with van der Waals surface area (Å²) in [4.78, 5) is 60.3. The molecule has 2 N–H and O–H groups in total. The fourth-order valence-electron chi connectivity index (χ4n) is 3.04. The average molecular weight is 471 g/mol. The van der Waals surface area contributed by atoms with Crippen LogP contribution >= 0.6 is 23.4 Å². The number of hydrogen-bond donors (Lipinski definition) is 2. The second-order valence-corrected chi connectivity index (χ2v) is 8.34. The van der Waals surface area contributed by atoms with Gasteiger partial charge in [0.05, 0.1) is 18.1 Å². The summed E-state index contributed by atoms with van der Waals surface area (Å²) in [5.74, 6) is -3.65. The molecule has 0 aliphatic carbocycles. The number of aliphatic carboxylic acids is 1. The van der Waals surface area contributed by atoms with Crippen molar-refractivity contribution in [3.63, 3.8) is 0 Å². The van der Waals surface area contributed by atoms with Crippen LogP contribution in [-0.4, -0.2) is 75.4 Å². The van der Waals surface area contributed by atoms with Crippen LogP contribution in [0, 0.1) is 5.92 Å². The largest absolute Gasteiger partial charge is 0.484 e. The number of β-lactam (4-membered cyclic amide) rings is 1. The Kier molecular flexibility index (Phi) is 7.39. The second-order valence-electron chi connectivity index (χ2n) is 6.82. The van der Waals surface area contributed by atoms with Gasteiger partial charge in [0.2, 0.25) is 5.50 Å². The fraction of sp³-hybridized carbons (Fsp3) is 0.421. The lowest BCUT2D eigenvalue weighted by Gasteiger charge is -2.47. The summed E-state index contributed by atoms with van der Waals surface area (Å²) in [6.45, 7) is -0.356. The first-order valence-electron chi connectivity index (χ1n) is 9.24.